The number of halogens is 3. The Balaban J connectivity index is 1.64. The van der Waals surface area contributed by atoms with Crippen molar-refractivity contribution in [2.75, 3.05) is 45.3 Å². The van der Waals surface area contributed by atoms with Crippen LogP contribution >= 0.6 is 0 Å². The number of ether oxygens (including phenoxy) is 2. The van der Waals surface area contributed by atoms with Crippen LogP contribution in [0.15, 0.2) is 51.1 Å². The summed E-state index contributed by atoms with van der Waals surface area (Å²) in [6.45, 7) is 2.36. The van der Waals surface area contributed by atoms with Crippen LogP contribution in [0.3, 0.4) is 0 Å². The lowest BCUT2D eigenvalue weighted by molar-refractivity contribution is -0.0927. The largest absolute Gasteiger partial charge is 0.495 e. The monoisotopic (exact) mass is 501 g/mol. The molecule has 3 heterocycles. The number of morpholine rings is 1. The molecule has 13 heteroatoms. The van der Waals surface area contributed by atoms with Gasteiger partial charge in [-0.1, -0.05) is 6.92 Å². The third-order valence-electron chi connectivity index (χ3n) is 6.03. The van der Waals surface area contributed by atoms with Gasteiger partial charge in [0.05, 0.1) is 48.6 Å². The molecule has 0 amide bonds. The number of amidine groups is 1. The molecule has 0 spiro atoms. The number of sulfonamides is 1. The Morgan fingerprint density at radius 1 is 1.32 bits per heavy atom. The van der Waals surface area contributed by atoms with Gasteiger partial charge in [-0.05, 0) is 24.6 Å². The zero-order valence-corrected chi connectivity index (χ0v) is 19.5. The Morgan fingerprint density at radius 3 is 2.65 bits per heavy atom. The van der Waals surface area contributed by atoms with E-state index in [1.54, 1.807) is 6.92 Å². The van der Waals surface area contributed by atoms with Gasteiger partial charge in [-0.15, -0.1) is 0 Å². The van der Waals surface area contributed by atoms with E-state index in [0.29, 0.717) is 24.7 Å². The first-order chi connectivity index (χ1) is 16.0. The molecular formula is C21H26F3N5O4S. The fourth-order valence-corrected chi connectivity index (χ4v) is 5.57. The van der Waals surface area contributed by atoms with E-state index < -0.39 is 33.9 Å². The molecule has 0 bridgehead atoms. The molecule has 4 rings (SSSR count). The SMILES string of the molecule is CCC1(N)C=C(Nc2ccc(S(=O)(=O)N3CCOCC3)cc2OC)NC2=NCC(C(F)(F)F)=C21. The van der Waals surface area contributed by atoms with Crippen LogP contribution in [0.5, 0.6) is 5.75 Å². The first-order valence-corrected chi connectivity index (χ1v) is 12.1. The van der Waals surface area contributed by atoms with Crippen LogP contribution in [0, 0.1) is 0 Å². The van der Waals surface area contributed by atoms with Gasteiger partial charge in [-0.25, -0.2) is 8.42 Å². The minimum Gasteiger partial charge on any atom is -0.495 e. The number of rotatable bonds is 6. The molecule has 3 aliphatic heterocycles. The molecule has 1 fully saturated rings. The van der Waals surface area contributed by atoms with E-state index in [2.05, 4.69) is 15.6 Å². The van der Waals surface area contributed by atoms with Crippen molar-refractivity contribution in [2.24, 2.45) is 10.7 Å². The molecule has 1 atom stereocenters. The van der Waals surface area contributed by atoms with Gasteiger partial charge in [0, 0.05) is 24.7 Å². The number of hydrogen-bond donors (Lipinski definition) is 3. The second kappa shape index (κ2) is 8.87. The summed E-state index contributed by atoms with van der Waals surface area (Å²) in [6, 6.07) is 4.36. The number of anilines is 1. The van der Waals surface area contributed by atoms with E-state index in [4.69, 9.17) is 15.2 Å². The quantitative estimate of drug-likeness (QED) is 0.545. The topological polar surface area (TPSA) is 118 Å². The summed E-state index contributed by atoms with van der Waals surface area (Å²) < 4.78 is 78.4. The Bertz CT molecular complexity index is 1170. The molecule has 1 aromatic carbocycles. The van der Waals surface area contributed by atoms with E-state index in [9.17, 15) is 21.6 Å². The molecule has 1 saturated heterocycles. The number of aliphatic imine (C=N–C) groups is 1. The van der Waals surface area contributed by atoms with Crippen molar-refractivity contribution >= 4 is 21.5 Å². The van der Waals surface area contributed by atoms with Gasteiger partial charge in [0.15, 0.2) is 0 Å². The molecule has 4 N–H and O–H groups in total. The van der Waals surface area contributed by atoms with Gasteiger partial charge in [0.2, 0.25) is 10.0 Å². The molecule has 34 heavy (non-hydrogen) atoms. The van der Waals surface area contributed by atoms with Crippen molar-refractivity contribution in [1.29, 1.82) is 0 Å². The van der Waals surface area contributed by atoms with Crippen molar-refractivity contribution in [1.82, 2.24) is 9.62 Å². The standard InChI is InChI=1S/C21H26F3N5O4S/c1-3-20(25)11-17(28-19-18(20)14(12-26-19)21(22,23)24)27-15-5-4-13(10-16(15)32-2)34(30,31)29-6-8-33-9-7-29/h4-5,10-11,27H,3,6-9,12,25H2,1-2H3,(H,26,28). The molecule has 0 aliphatic carbocycles. The molecule has 1 aromatic rings. The first-order valence-electron chi connectivity index (χ1n) is 10.7. The van der Waals surface area contributed by atoms with Gasteiger partial charge < -0.3 is 25.8 Å². The van der Waals surface area contributed by atoms with E-state index in [1.165, 1.54) is 35.7 Å². The molecule has 3 aliphatic rings. The highest BCUT2D eigenvalue weighted by molar-refractivity contribution is 7.89. The normalized spacial score (nSPS) is 23.7. The predicted molar refractivity (Wildman–Crippen MR) is 120 cm³/mol. The number of nitrogens with zero attached hydrogens (tertiary/aromatic N) is 2. The van der Waals surface area contributed by atoms with Gasteiger partial charge >= 0.3 is 6.18 Å². The number of nitrogens with one attached hydrogen (secondary N) is 2. The molecule has 0 radical (unpaired) electrons. The summed E-state index contributed by atoms with van der Waals surface area (Å²) in [5.74, 6) is 0.617. The van der Waals surface area contributed by atoms with Gasteiger partial charge in [-0.3, -0.25) is 4.99 Å². The maximum absolute atomic E-state index is 13.5. The van der Waals surface area contributed by atoms with E-state index >= 15 is 0 Å². The predicted octanol–water partition coefficient (Wildman–Crippen LogP) is 1.95. The number of hydrogen-bond acceptors (Lipinski definition) is 8. The Kier molecular flexibility index (Phi) is 6.40. The summed E-state index contributed by atoms with van der Waals surface area (Å²) in [4.78, 5) is 4.07. The highest BCUT2D eigenvalue weighted by Crippen LogP contribution is 2.40. The first kappa shape index (κ1) is 24.5. The Morgan fingerprint density at radius 2 is 2.03 bits per heavy atom. The van der Waals surface area contributed by atoms with Crippen molar-refractivity contribution in [3.8, 4) is 5.75 Å². The minimum absolute atomic E-state index is 0.0596. The smallest absolute Gasteiger partial charge is 0.414 e. The average molecular weight is 502 g/mol. The lowest BCUT2D eigenvalue weighted by Crippen LogP contribution is -2.51. The van der Waals surface area contributed by atoms with Crippen molar-refractivity contribution in [3.05, 3.63) is 41.2 Å². The molecule has 9 nitrogen and oxygen atoms in total. The van der Waals surface area contributed by atoms with Gasteiger partial charge in [0.1, 0.15) is 17.4 Å². The van der Waals surface area contributed by atoms with Crippen LogP contribution in [0.4, 0.5) is 18.9 Å². The molecule has 1 unspecified atom stereocenters. The fraction of sp³-hybridized carbons (Fsp3) is 0.476. The van der Waals surface area contributed by atoms with E-state index in [-0.39, 0.29) is 41.6 Å². The Labute approximate surface area is 195 Å². The maximum Gasteiger partial charge on any atom is 0.414 e. The van der Waals surface area contributed by atoms with Crippen LogP contribution in [-0.2, 0) is 14.8 Å². The zero-order chi connectivity index (χ0) is 24.7. The van der Waals surface area contributed by atoms with Crippen LogP contribution in [-0.4, -0.2) is 70.2 Å². The maximum atomic E-state index is 13.5. The van der Waals surface area contributed by atoms with Crippen LogP contribution < -0.4 is 21.1 Å². The van der Waals surface area contributed by atoms with Gasteiger partial charge in [-0.2, -0.15) is 17.5 Å². The van der Waals surface area contributed by atoms with Crippen LogP contribution in [0.25, 0.3) is 0 Å². The number of methoxy groups -OCH3 is 1. The highest BCUT2D eigenvalue weighted by Gasteiger charge is 2.47. The number of fused-ring (bicyclic) bond motifs is 1. The number of benzene rings is 1. The Hall–Kier alpha value is -2.61. The summed E-state index contributed by atoms with van der Waals surface area (Å²) in [5, 5.41) is 5.92. The van der Waals surface area contributed by atoms with Gasteiger partial charge in [0.25, 0.3) is 0 Å². The third-order valence-corrected chi connectivity index (χ3v) is 7.93. The molecular weight excluding hydrogens is 475 g/mol. The minimum atomic E-state index is -4.54. The average Bonchev–Trinajstić information content (AvgIpc) is 3.25. The second-order valence-corrected chi connectivity index (χ2v) is 10.0. The summed E-state index contributed by atoms with van der Waals surface area (Å²) >= 11 is 0. The summed E-state index contributed by atoms with van der Waals surface area (Å²) in [5.41, 5.74) is 4.58. The van der Waals surface area contributed by atoms with E-state index in [1.807, 2.05) is 0 Å². The third kappa shape index (κ3) is 4.40. The molecule has 0 saturated carbocycles. The summed E-state index contributed by atoms with van der Waals surface area (Å²) in [6.07, 6.45) is -2.84. The summed E-state index contributed by atoms with van der Waals surface area (Å²) in [7, 11) is -2.34. The van der Waals surface area contributed by atoms with Crippen molar-refractivity contribution in [3.63, 3.8) is 0 Å². The highest BCUT2D eigenvalue weighted by atomic mass is 32.2. The molecule has 0 aromatic heterocycles. The van der Waals surface area contributed by atoms with Crippen LogP contribution in [0.1, 0.15) is 13.3 Å². The second-order valence-electron chi connectivity index (χ2n) is 8.10. The lowest BCUT2D eigenvalue weighted by Gasteiger charge is -2.35. The lowest BCUT2D eigenvalue weighted by atomic mass is 9.82. The van der Waals surface area contributed by atoms with Crippen molar-refractivity contribution in [2.45, 2.75) is 30.0 Å². The molecule has 186 valence electrons. The number of nitrogens with two attached hydrogens (primary N) is 1. The zero-order valence-electron chi connectivity index (χ0n) is 18.7. The fourth-order valence-electron chi connectivity index (χ4n) is 4.15. The van der Waals surface area contributed by atoms with Crippen LogP contribution in [0.2, 0.25) is 0 Å². The number of alkyl halides is 3. The van der Waals surface area contributed by atoms with Crippen molar-refractivity contribution < 1.29 is 31.1 Å². The van der Waals surface area contributed by atoms with E-state index in [0.717, 1.165) is 0 Å².